The Labute approximate surface area is 211 Å². The van der Waals surface area contributed by atoms with Gasteiger partial charge in [0.2, 0.25) is 0 Å². The number of nitrogens with one attached hydrogen (secondary N) is 2. The number of amidine groups is 1. The lowest BCUT2D eigenvalue weighted by atomic mass is 10.1. The molecule has 2 N–H and O–H groups in total. The first-order valence-corrected chi connectivity index (χ1v) is 12.5. The van der Waals surface area contributed by atoms with Crippen molar-refractivity contribution in [3.63, 3.8) is 0 Å². The van der Waals surface area contributed by atoms with Crippen LogP contribution in [0.1, 0.15) is 44.7 Å². The molecule has 0 saturated carbocycles. The number of alkyl halides is 1. The average molecular weight is 477 g/mol. The minimum Gasteiger partial charge on any atom is -0.355 e. The van der Waals surface area contributed by atoms with Gasteiger partial charge in [0.25, 0.3) is 0 Å². The highest BCUT2D eigenvalue weighted by Crippen LogP contribution is 2.35. The van der Waals surface area contributed by atoms with E-state index in [2.05, 4.69) is 66.3 Å². The molecule has 0 radical (unpaired) electrons. The number of halogens is 1. The average Bonchev–Trinajstić information content (AvgIpc) is 3.04. The third kappa shape index (κ3) is 8.22. The molecule has 0 fully saturated rings. The van der Waals surface area contributed by atoms with E-state index in [1.54, 1.807) is 12.2 Å². The first-order valence-electron chi connectivity index (χ1n) is 12.5. The maximum atomic E-state index is 12.1. The summed E-state index contributed by atoms with van der Waals surface area (Å²) in [7, 11) is 1.99. The van der Waals surface area contributed by atoms with Gasteiger partial charge in [0.15, 0.2) is 0 Å². The van der Waals surface area contributed by atoms with E-state index >= 15 is 0 Å². The van der Waals surface area contributed by atoms with Crippen LogP contribution in [-0.4, -0.2) is 44.1 Å². The van der Waals surface area contributed by atoms with Gasteiger partial charge < -0.3 is 15.5 Å². The second-order valence-electron chi connectivity index (χ2n) is 8.49. The number of fused-ring (bicyclic) bond motifs is 2. The van der Waals surface area contributed by atoms with Crippen molar-refractivity contribution in [2.75, 3.05) is 38.7 Å². The molecular weight excluding hydrogens is 435 g/mol. The molecule has 3 rings (SSSR count). The number of benzene rings is 2. The smallest absolute Gasteiger partial charge is 0.138 e. The maximum absolute atomic E-state index is 12.1. The minimum absolute atomic E-state index is 0.395. The molecular formula is C30H41FN4. The van der Waals surface area contributed by atoms with Crippen LogP contribution in [0.5, 0.6) is 0 Å². The first kappa shape index (κ1) is 28.1. The predicted octanol–water partition coefficient (Wildman–Crippen LogP) is 7.49. The Bertz CT molecular complexity index is 1050. The summed E-state index contributed by atoms with van der Waals surface area (Å²) in [5.74, 6) is 1.06. The van der Waals surface area contributed by atoms with Gasteiger partial charge in [-0.1, -0.05) is 56.9 Å². The lowest BCUT2D eigenvalue weighted by Gasteiger charge is -2.26. The third-order valence-corrected chi connectivity index (χ3v) is 5.81. The summed E-state index contributed by atoms with van der Waals surface area (Å²) in [6.45, 7) is 14.3. The molecule has 0 spiro atoms. The highest BCUT2D eigenvalue weighted by atomic mass is 19.1. The molecule has 1 aliphatic heterocycles. The van der Waals surface area contributed by atoms with Gasteiger partial charge in [-0.05, 0) is 74.7 Å². The lowest BCUT2D eigenvalue weighted by molar-refractivity contribution is 0.416. The minimum atomic E-state index is -0.395. The van der Waals surface area contributed by atoms with Crippen molar-refractivity contribution in [2.24, 2.45) is 4.99 Å². The monoisotopic (exact) mass is 476 g/mol. The number of hydrogen-bond acceptors (Lipinski definition) is 4. The van der Waals surface area contributed by atoms with E-state index < -0.39 is 6.67 Å². The molecule has 0 aromatic heterocycles. The SMILES string of the molecule is C=C/C(=C\C(=C/C)CF)CC.CCCN(CCNC)C1=Nc2ccccc2Nc2cc(C)ccc21. The summed E-state index contributed by atoms with van der Waals surface area (Å²) in [4.78, 5) is 7.42. The van der Waals surface area contributed by atoms with Crippen LogP contribution in [0, 0.1) is 6.92 Å². The highest BCUT2D eigenvalue weighted by molar-refractivity contribution is 6.07. The number of anilines is 2. The van der Waals surface area contributed by atoms with Crippen LogP contribution in [-0.2, 0) is 0 Å². The molecule has 0 aliphatic carbocycles. The summed E-state index contributed by atoms with van der Waals surface area (Å²) in [5, 5.41) is 6.82. The van der Waals surface area contributed by atoms with Crippen molar-refractivity contribution in [3.05, 3.63) is 89.5 Å². The molecule has 35 heavy (non-hydrogen) atoms. The van der Waals surface area contributed by atoms with Crippen molar-refractivity contribution < 1.29 is 4.39 Å². The molecule has 0 amide bonds. The molecule has 2 aromatic rings. The van der Waals surface area contributed by atoms with Gasteiger partial charge in [0.1, 0.15) is 12.5 Å². The number of hydrogen-bond donors (Lipinski definition) is 2. The van der Waals surface area contributed by atoms with Gasteiger partial charge in [0, 0.05) is 30.9 Å². The van der Waals surface area contributed by atoms with Crippen LogP contribution in [0.2, 0.25) is 0 Å². The quantitative estimate of drug-likeness (QED) is 0.368. The van der Waals surface area contributed by atoms with Crippen molar-refractivity contribution in [1.82, 2.24) is 10.2 Å². The summed E-state index contributed by atoms with van der Waals surface area (Å²) >= 11 is 0. The molecule has 0 atom stereocenters. The van der Waals surface area contributed by atoms with Crippen LogP contribution in [0.3, 0.4) is 0 Å². The van der Waals surface area contributed by atoms with E-state index in [4.69, 9.17) is 4.99 Å². The Balaban J connectivity index is 0.000000334. The van der Waals surface area contributed by atoms with Crippen molar-refractivity contribution >= 4 is 22.9 Å². The topological polar surface area (TPSA) is 39.7 Å². The fourth-order valence-corrected chi connectivity index (χ4v) is 3.78. The number of aliphatic imine (C=N–C) groups is 1. The van der Waals surface area contributed by atoms with E-state index in [0.29, 0.717) is 0 Å². The molecule has 1 aliphatic rings. The Morgan fingerprint density at radius 2 is 1.89 bits per heavy atom. The molecule has 5 heteroatoms. The highest BCUT2D eigenvalue weighted by Gasteiger charge is 2.20. The summed E-state index contributed by atoms with van der Waals surface area (Å²) in [5.41, 5.74) is 7.40. The lowest BCUT2D eigenvalue weighted by Crippen LogP contribution is -2.37. The number of aryl methyl sites for hydroxylation is 1. The van der Waals surface area contributed by atoms with Crippen molar-refractivity contribution in [1.29, 1.82) is 0 Å². The van der Waals surface area contributed by atoms with Gasteiger partial charge in [-0.2, -0.15) is 0 Å². The van der Waals surface area contributed by atoms with Gasteiger partial charge in [-0.15, -0.1) is 0 Å². The second kappa shape index (κ2) is 14.9. The maximum Gasteiger partial charge on any atom is 0.138 e. The van der Waals surface area contributed by atoms with E-state index in [1.807, 2.05) is 39.1 Å². The Morgan fingerprint density at radius 3 is 2.51 bits per heavy atom. The Morgan fingerprint density at radius 1 is 1.11 bits per heavy atom. The standard InChI is InChI=1S/C20H26N4.C10H15F/c1-4-12-24(13-11-21-3)20-16-10-9-15(2)14-19(16)22-17-7-5-6-8-18(17)23-20;1-4-9(5-2)7-10(6-3)8-11/h5-10,14,21-22H,4,11-13H2,1-3H3;4,6-7H,1,5,8H2,2-3H3/b;9-7+,10-6+. The van der Waals surface area contributed by atoms with Crippen LogP contribution < -0.4 is 10.6 Å². The van der Waals surface area contributed by atoms with Crippen LogP contribution >= 0.6 is 0 Å². The number of likely N-dealkylation sites (N-methyl/N-ethyl adjacent to an activating group) is 1. The predicted molar refractivity (Wildman–Crippen MR) is 151 cm³/mol. The zero-order chi connectivity index (χ0) is 25.6. The van der Waals surface area contributed by atoms with Crippen LogP contribution in [0.25, 0.3) is 0 Å². The molecule has 4 nitrogen and oxygen atoms in total. The van der Waals surface area contributed by atoms with E-state index in [9.17, 15) is 4.39 Å². The molecule has 0 bridgehead atoms. The fourth-order valence-electron chi connectivity index (χ4n) is 3.78. The van der Waals surface area contributed by atoms with Crippen molar-refractivity contribution in [3.8, 4) is 0 Å². The Kier molecular flexibility index (Phi) is 12.0. The summed E-state index contributed by atoms with van der Waals surface area (Å²) in [6.07, 6.45) is 7.38. The molecule has 188 valence electrons. The molecule has 1 heterocycles. The van der Waals surface area contributed by atoms with E-state index in [1.165, 1.54) is 11.1 Å². The number of rotatable bonds is 9. The number of para-hydroxylation sites is 2. The van der Waals surface area contributed by atoms with Crippen molar-refractivity contribution in [2.45, 2.75) is 40.5 Å². The zero-order valence-corrected chi connectivity index (χ0v) is 22.0. The fraction of sp³-hybridized carbons (Fsp3) is 0.367. The summed E-state index contributed by atoms with van der Waals surface area (Å²) < 4.78 is 12.1. The number of allylic oxidation sites excluding steroid dienone is 5. The van der Waals surface area contributed by atoms with Gasteiger partial charge in [-0.25, -0.2) is 9.38 Å². The third-order valence-electron chi connectivity index (χ3n) is 5.81. The number of nitrogens with zero attached hydrogens (tertiary/aromatic N) is 2. The molecule has 0 saturated heterocycles. The van der Waals surface area contributed by atoms with Gasteiger partial charge in [-0.3, -0.25) is 0 Å². The Hall–Kier alpha value is -3.18. The van der Waals surface area contributed by atoms with Crippen LogP contribution in [0.15, 0.2) is 83.4 Å². The largest absolute Gasteiger partial charge is 0.355 e. The van der Waals surface area contributed by atoms with Gasteiger partial charge in [0.05, 0.1) is 11.4 Å². The zero-order valence-electron chi connectivity index (χ0n) is 22.0. The van der Waals surface area contributed by atoms with E-state index in [0.717, 1.165) is 66.5 Å². The second-order valence-corrected chi connectivity index (χ2v) is 8.49. The molecule has 0 unspecified atom stereocenters. The van der Waals surface area contributed by atoms with E-state index in [-0.39, 0.29) is 0 Å². The first-order chi connectivity index (χ1) is 17.0. The normalized spacial score (nSPS) is 12.8. The molecule has 2 aromatic carbocycles. The van der Waals surface area contributed by atoms with Gasteiger partial charge >= 0.3 is 0 Å². The summed E-state index contributed by atoms with van der Waals surface area (Å²) in [6, 6.07) is 14.8. The van der Waals surface area contributed by atoms with Crippen LogP contribution in [0.4, 0.5) is 21.5 Å².